The van der Waals surface area contributed by atoms with Gasteiger partial charge in [-0.3, -0.25) is 0 Å². The summed E-state index contributed by atoms with van der Waals surface area (Å²) in [6.45, 7) is 4.91. The summed E-state index contributed by atoms with van der Waals surface area (Å²) in [4.78, 5) is 0. The Morgan fingerprint density at radius 2 is 2.00 bits per heavy atom. The minimum Gasteiger partial charge on any atom is -0.423 e. The summed E-state index contributed by atoms with van der Waals surface area (Å²) in [6.07, 6.45) is 0. The van der Waals surface area contributed by atoms with E-state index in [-0.39, 0.29) is 12.1 Å². The first-order valence-electron chi connectivity index (χ1n) is 5.22. The zero-order valence-electron chi connectivity index (χ0n) is 9.48. The Morgan fingerprint density at radius 1 is 1.31 bits per heavy atom. The van der Waals surface area contributed by atoms with E-state index in [1.165, 1.54) is 12.1 Å². The standard InChI is InChI=1S/C11H16BFO3/c1-8(2)6-16-7-9-3-10(12(14)15)5-11(13)4-9/h3-5,8,14-15H,6-7H2,1-2H3. The van der Waals surface area contributed by atoms with Crippen LogP contribution in [-0.4, -0.2) is 23.8 Å². The molecule has 0 aliphatic heterocycles. The predicted octanol–water partition coefficient (Wildman–Crippen LogP) is 0.678. The van der Waals surface area contributed by atoms with Crippen LogP contribution in [0.5, 0.6) is 0 Å². The lowest BCUT2D eigenvalue weighted by molar-refractivity contribution is 0.0969. The average Bonchev–Trinajstić information content (AvgIpc) is 2.16. The van der Waals surface area contributed by atoms with E-state index in [0.717, 1.165) is 6.07 Å². The van der Waals surface area contributed by atoms with Gasteiger partial charge in [-0.25, -0.2) is 4.39 Å². The minimum absolute atomic E-state index is 0.142. The highest BCUT2D eigenvalue weighted by Crippen LogP contribution is 2.05. The van der Waals surface area contributed by atoms with E-state index in [2.05, 4.69) is 0 Å². The largest absolute Gasteiger partial charge is 0.488 e. The van der Waals surface area contributed by atoms with Crippen LogP contribution in [-0.2, 0) is 11.3 Å². The molecule has 0 atom stereocenters. The lowest BCUT2D eigenvalue weighted by Gasteiger charge is -2.08. The Hall–Kier alpha value is -0.905. The number of hydrogen-bond acceptors (Lipinski definition) is 3. The van der Waals surface area contributed by atoms with Crippen molar-refractivity contribution in [1.29, 1.82) is 0 Å². The fourth-order valence-corrected chi connectivity index (χ4v) is 1.32. The zero-order chi connectivity index (χ0) is 12.1. The van der Waals surface area contributed by atoms with Crippen LogP contribution in [0.2, 0.25) is 0 Å². The van der Waals surface area contributed by atoms with E-state index in [1.54, 1.807) is 0 Å². The highest BCUT2D eigenvalue weighted by atomic mass is 19.1. The Balaban J connectivity index is 2.65. The van der Waals surface area contributed by atoms with Crippen molar-refractivity contribution in [2.24, 2.45) is 5.92 Å². The van der Waals surface area contributed by atoms with Crippen LogP contribution >= 0.6 is 0 Å². The Kier molecular flexibility index (Phi) is 4.92. The average molecular weight is 226 g/mol. The number of hydrogen-bond donors (Lipinski definition) is 2. The lowest BCUT2D eigenvalue weighted by Crippen LogP contribution is -2.30. The summed E-state index contributed by atoms with van der Waals surface area (Å²) in [6, 6.07) is 3.94. The third-order valence-corrected chi connectivity index (χ3v) is 2.00. The lowest BCUT2D eigenvalue weighted by atomic mass is 9.79. The fourth-order valence-electron chi connectivity index (χ4n) is 1.32. The number of halogens is 1. The first kappa shape index (κ1) is 13.2. The molecule has 2 N–H and O–H groups in total. The SMILES string of the molecule is CC(C)COCc1cc(F)cc(B(O)O)c1. The van der Waals surface area contributed by atoms with E-state index in [0.29, 0.717) is 18.1 Å². The van der Waals surface area contributed by atoms with Gasteiger partial charge in [0.25, 0.3) is 0 Å². The topological polar surface area (TPSA) is 49.7 Å². The summed E-state index contributed by atoms with van der Waals surface area (Å²) >= 11 is 0. The predicted molar refractivity (Wildman–Crippen MR) is 60.7 cm³/mol. The molecule has 0 saturated carbocycles. The van der Waals surface area contributed by atoms with E-state index < -0.39 is 12.9 Å². The minimum atomic E-state index is -1.65. The van der Waals surface area contributed by atoms with Crippen LogP contribution in [0.15, 0.2) is 18.2 Å². The highest BCUT2D eigenvalue weighted by molar-refractivity contribution is 6.58. The van der Waals surface area contributed by atoms with Crippen molar-refractivity contribution in [2.75, 3.05) is 6.61 Å². The van der Waals surface area contributed by atoms with Gasteiger partial charge in [0.1, 0.15) is 5.82 Å². The van der Waals surface area contributed by atoms with E-state index in [9.17, 15) is 4.39 Å². The van der Waals surface area contributed by atoms with Gasteiger partial charge < -0.3 is 14.8 Å². The maximum Gasteiger partial charge on any atom is 0.488 e. The molecular formula is C11H16BFO3. The summed E-state index contributed by atoms with van der Waals surface area (Å²) in [5.74, 6) is -0.0785. The van der Waals surface area contributed by atoms with Crippen molar-refractivity contribution < 1.29 is 19.2 Å². The van der Waals surface area contributed by atoms with Gasteiger partial charge in [-0.05, 0) is 29.1 Å². The molecular weight excluding hydrogens is 210 g/mol. The van der Waals surface area contributed by atoms with Crippen LogP contribution < -0.4 is 5.46 Å². The fraction of sp³-hybridized carbons (Fsp3) is 0.455. The van der Waals surface area contributed by atoms with Crippen molar-refractivity contribution in [1.82, 2.24) is 0 Å². The summed E-state index contributed by atoms with van der Waals surface area (Å²) in [5.41, 5.74) is 0.742. The van der Waals surface area contributed by atoms with Crippen molar-refractivity contribution in [3.63, 3.8) is 0 Å². The van der Waals surface area contributed by atoms with Crippen molar-refractivity contribution in [2.45, 2.75) is 20.5 Å². The molecule has 16 heavy (non-hydrogen) atoms. The van der Waals surface area contributed by atoms with E-state index in [4.69, 9.17) is 14.8 Å². The second-order valence-electron chi connectivity index (χ2n) is 4.18. The Morgan fingerprint density at radius 3 is 2.56 bits per heavy atom. The summed E-state index contributed by atoms with van der Waals surface area (Å²) in [5, 5.41) is 17.9. The molecule has 5 heteroatoms. The van der Waals surface area contributed by atoms with Crippen LogP contribution in [0.25, 0.3) is 0 Å². The van der Waals surface area contributed by atoms with Crippen molar-refractivity contribution in [3.05, 3.63) is 29.6 Å². The van der Waals surface area contributed by atoms with E-state index in [1.807, 2.05) is 13.8 Å². The number of ether oxygens (including phenoxy) is 1. The van der Waals surface area contributed by atoms with Crippen LogP contribution in [0.3, 0.4) is 0 Å². The smallest absolute Gasteiger partial charge is 0.423 e. The van der Waals surface area contributed by atoms with Crippen molar-refractivity contribution >= 4 is 12.6 Å². The molecule has 0 fully saturated rings. The quantitative estimate of drug-likeness (QED) is 0.725. The maximum atomic E-state index is 13.1. The summed E-state index contributed by atoms with van der Waals surface area (Å²) < 4.78 is 18.4. The monoisotopic (exact) mass is 226 g/mol. The molecule has 3 nitrogen and oxygen atoms in total. The van der Waals surface area contributed by atoms with Crippen LogP contribution in [0.4, 0.5) is 4.39 Å². The van der Waals surface area contributed by atoms with Crippen LogP contribution in [0, 0.1) is 11.7 Å². The van der Waals surface area contributed by atoms with Crippen molar-refractivity contribution in [3.8, 4) is 0 Å². The second-order valence-corrected chi connectivity index (χ2v) is 4.18. The molecule has 0 aliphatic carbocycles. The molecule has 0 aromatic heterocycles. The number of benzene rings is 1. The first-order valence-corrected chi connectivity index (χ1v) is 5.22. The molecule has 0 amide bonds. The zero-order valence-corrected chi connectivity index (χ0v) is 9.48. The molecule has 0 bridgehead atoms. The number of rotatable bonds is 5. The third-order valence-electron chi connectivity index (χ3n) is 2.00. The summed E-state index contributed by atoms with van der Waals surface area (Å²) in [7, 11) is -1.65. The van der Waals surface area contributed by atoms with Gasteiger partial charge in [0, 0.05) is 6.61 Å². The molecule has 0 spiro atoms. The highest BCUT2D eigenvalue weighted by Gasteiger charge is 2.13. The molecule has 0 saturated heterocycles. The molecule has 1 aromatic carbocycles. The first-order chi connectivity index (χ1) is 7.49. The van der Waals surface area contributed by atoms with Gasteiger partial charge in [-0.1, -0.05) is 19.9 Å². The normalized spacial score (nSPS) is 10.9. The molecule has 0 heterocycles. The Labute approximate surface area is 95.0 Å². The third kappa shape index (κ3) is 4.30. The van der Waals surface area contributed by atoms with Gasteiger partial charge >= 0.3 is 7.12 Å². The van der Waals surface area contributed by atoms with Gasteiger partial charge in [0.05, 0.1) is 6.61 Å². The van der Waals surface area contributed by atoms with Gasteiger partial charge in [0.15, 0.2) is 0 Å². The van der Waals surface area contributed by atoms with Gasteiger partial charge in [0.2, 0.25) is 0 Å². The molecule has 1 aromatic rings. The maximum absolute atomic E-state index is 13.1. The van der Waals surface area contributed by atoms with Gasteiger partial charge in [-0.15, -0.1) is 0 Å². The van der Waals surface area contributed by atoms with E-state index >= 15 is 0 Å². The van der Waals surface area contributed by atoms with Crippen LogP contribution in [0.1, 0.15) is 19.4 Å². The molecule has 0 radical (unpaired) electrons. The molecule has 88 valence electrons. The molecule has 0 aliphatic rings. The second kappa shape index (κ2) is 5.99. The molecule has 1 rings (SSSR count). The molecule has 0 unspecified atom stereocenters. The Bertz CT molecular complexity index is 342. The van der Waals surface area contributed by atoms with Gasteiger partial charge in [-0.2, -0.15) is 0 Å².